The minimum atomic E-state index is -1.43. The van der Waals surface area contributed by atoms with Gasteiger partial charge in [-0.2, -0.15) is 5.01 Å². The van der Waals surface area contributed by atoms with E-state index in [9.17, 15) is 19.2 Å². The molecule has 1 aromatic rings. The van der Waals surface area contributed by atoms with Crippen LogP contribution < -0.4 is 0 Å². The maximum atomic E-state index is 12.6. The lowest BCUT2D eigenvalue weighted by Gasteiger charge is -2.36. The first-order valence-corrected chi connectivity index (χ1v) is 6.91. The molecule has 4 rings (SSSR count). The van der Waals surface area contributed by atoms with Gasteiger partial charge in [-0.05, 0) is 36.4 Å². The summed E-state index contributed by atoms with van der Waals surface area (Å²) in [5.74, 6) is -1.99. The number of carbonyl (C=O) groups is 4. The summed E-state index contributed by atoms with van der Waals surface area (Å²) in [5, 5.41) is 1.75. The van der Waals surface area contributed by atoms with Crippen LogP contribution in [0.5, 0.6) is 0 Å². The van der Waals surface area contributed by atoms with Gasteiger partial charge in [0.25, 0.3) is 17.7 Å². The normalized spacial score (nSPS) is 21.7. The molecule has 1 fully saturated rings. The number of allylic oxidation sites excluding steroid dienone is 2. The summed E-state index contributed by atoms with van der Waals surface area (Å²) >= 11 is 0. The van der Waals surface area contributed by atoms with Gasteiger partial charge < -0.3 is 4.74 Å². The summed E-state index contributed by atoms with van der Waals surface area (Å²) in [6.07, 6.45) is 5.21. The van der Waals surface area contributed by atoms with Crippen LogP contribution in [0.25, 0.3) is 0 Å². The highest BCUT2D eigenvalue weighted by molar-refractivity contribution is 6.21. The van der Waals surface area contributed by atoms with Crippen LogP contribution in [0.2, 0.25) is 0 Å². The molecule has 114 valence electrons. The van der Waals surface area contributed by atoms with Gasteiger partial charge in [0.15, 0.2) is 5.78 Å². The van der Waals surface area contributed by atoms with Crippen LogP contribution in [0.1, 0.15) is 20.7 Å². The maximum Gasteiger partial charge on any atom is 0.280 e. The molecule has 0 N–H and O–H groups in total. The Morgan fingerprint density at radius 3 is 2.04 bits per heavy atom. The Labute approximate surface area is 130 Å². The highest BCUT2D eigenvalue weighted by Crippen LogP contribution is 2.35. The van der Waals surface area contributed by atoms with Crippen molar-refractivity contribution in [1.29, 1.82) is 0 Å². The van der Waals surface area contributed by atoms with E-state index < -0.39 is 23.4 Å². The standard InChI is InChI=1S/C16H10N2O5/c19-10-5-7-16(8-6-10)18(13(20)9-23-16)17-14(21)11-3-1-2-4-12(11)15(17)22/h1-8H,9H2. The molecule has 3 amide bonds. The largest absolute Gasteiger partial charge is 0.337 e. The third-order valence-corrected chi connectivity index (χ3v) is 3.94. The average Bonchev–Trinajstić information content (AvgIpc) is 3.00. The first-order valence-electron chi connectivity index (χ1n) is 6.91. The second-order valence-electron chi connectivity index (χ2n) is 5.28. The Bertz CT molecular complexity index is 788. The van der Waals surface area contributed by atoms with Crippen LogP contribution >= 0.6 is 0 Å². The fraction of sp³-hybridized carbons (Fsp3) is 0.125. The number of hydrazine groups is 1. The van der Waals surface area contributed by atoms with Gasteiger partial charge in [-0.25, -0.2) is 5.01 Å². The van der Waals surface area contributed by atoms with Crippen molar-refractivity contribution in [2.75, 3.05) is 6.61 Å². The summed E-state index contributed by atoms with van der Waals surface area (Å²) in [6.45, 7) is -0.295. The molecule has 1 aliphatic carbocycles. The average molecular weight is 310 g/mol. The van der Waals surface area contributed by atoms with Gasteiger partial charge in [0.1, 0.15) is 6.61 Å². The topological polar surface area (TPSA) is 84.0 Å². The van der Waals surface area contributed by atoms with Gasteiger partial charge in [0.2, 0.25) is 5.72 Å². The van der Waals surface area contributed by atoms with Crippen LogP contribution in [0.4, 0.5) is 0 Å². The molecule has 23 heavy (non-hydrogen) atoms. The summed E-state index contributed by atoms with van der Waals surface area (Å²) in [4.78, 5) is 48.7. The first-order chi connectivity index (χ1) is 11.0. The van der Waals surface area contributed by atoms with Crippen molar-refractivity contribution in [3.05, 3.63) is 59.7 Å². The molecule has 0 saturated carbocycles. The predicted molar refractivity (Wildman–Crippen MR) is 75.8 cm³/mol. The number of ether oxygens (including phenoxy) is 1. The van der Waals surface area contributed by atoms with Crippen LogP contribution in [0, 0.1) is 0 Å². The number of fused-ring (bicyclic) bond motifs is 1. The summed E-state index contributed by atoms with van der Waals surface area (Å²) < 4.78 is 5.47. The number of ketones is 1. The van der Waals surface area contributed by atoms with Crippen LogP contribution in [0.3, 0.4) is 0 Å². The summed E-state index contributed by atoms with van der Waals surface area (Å²) in [7, 11) is 0. The lowest BCUT2D eigenvalue weighted by molar-refractivity contribution is -0.143. The zero-order chi connectivity index (χ0) is 16.2. The van der Waals surface area contributed by atoms with Gasteiger partial charge in [0.05, 0.1) is 11.1 Å². The van der Waals surface area contributed by atoms with E-state index in [0.29, 0.717) is 0 Å². The lowest BCUT2D eigenvalue weighted by Crippen LogP contribution is -2.57. The first kappa shape index (κ1) is 13.6. The third-order valence-electron chi connectivity index (χ3n) is 3.94. The van der Waals surface area contributed by atoms with E-state index in [1.54, 1.807) is 12.1 Å². The Morgan fingerprint density at radius 1 is 0.913 bits per heavy atom. The molecule has 0 radical (unpaired) electrons. The number of amides is 3. The van der Waals surface area contributed by atoms with E-state index in [-0.39, 0.29) is 23.5 Å². The Morgan fingerprint density at radius 2 is 1.48 bits per heavy atom. The zero-order valence-corrected chi connectivity index (χ0v) is 11.8. The van der Waals surface area contributed by atoms with Crippen molar-refractivity contribution in [3.8, 4) is 0 Å². The smallest absolute Gasteiger partial charge is 0.280 e. The number of rotatable bonds is 1. The summed E-state index contributed by atoms with van der Waals surface area (Å²) in [6, 6.07) is 6.34. The molecular weight excluding hydrogens is 300 g/mol. The second kappa shape index (κ2) is 4.47. The fourth-order valence-electron chi connectivity index (χ4n) is 2.87. The number of benzene rings is 1. The molecule has 7 nitrogen and oxygen atoms in total. The van der Waals surface area contributed by atoms with E-state index in [0.717, 1.165) is 10.0 Å². The molecule has 0 atom stereocenters. The predicted octanol–water partition coefficient (Wildman–Crippen LogP) is 0.448. The quantitative estimate of drug-likeness (QED) is 0.703. The van der Waals surface area contributed by atoms with Crippen LogP contribution in [-0.4, -0.2) is 45.9 Å². The third kappa shape index (κ3) is 1.74. The molecule has 0 unspecified atom stereocenters. The van der Waals surface area contributed by atoms with Gasteiger partial charge in [-0.3, -0.25) is 19.2 Å². The lowest BCUT2D eigenvalue weighted by atomic mass is 10.1. The molecule has 7 heteroatoms. The van der Waals surface area contributed by atoms with Crippen molar-refractivity contribution in [2.45, 2.75) is 5.72 Å². The van der Waals surface area contributed by atoms with Crippen molar-refractivity contribution in [3.63, 3.8) is 0 Å². The van der Waals surface area contributed by atoms with Crippen molar-refractivity contribution >= 4 is 23.5 Å². The molecule has 1 saturated heterocycles. The van der Waals surface area contributed by atoms with E-state index >= 15 is 0 Å². The van der Waals surface area contributed by atoms with Crippen molar-refractivity contribution in [2.24, 2.45) is 0 Å². The molecule has 2 heterocycles. The minimum Gasteiger partial charge on any atom is -0.337 e. The van der Waals surface area contributed by atoms with Crippen LogP contribution in [-0.2, 0) is 14.3 Å². The second-order valence-corrected chi connectivity index (χ2v) is 5.28. The molecule has 0 bridgehead atoms. The molecule has 1 spiro atoms. The van der Waals surface area contributed by atoms with E-state index in [1.165, 1.54) is 36.4 Å². The highest BCUT2D eigenvalue weighted by atomic mass is 16.5. The maximum absolute atomic E-state index is 12.6. The van der Waals surface area contributed by atoms with E-state index in [4.69, 9.17) is 4.74 Å². The van der Waals surface area contributed by atoms with Crippen molar-refractivity contribution < 1.29 is 23.9 Å². The number of hydrogen-bond donors (Lipinski definition) is 0. The Kier molecular flexibility index (Phi) is 2.64. The van der Waals surface area contributed by atoms with Gasteiger partial charge in [0, 0.05) is 0 Å². The van der Waals surface area contributed by atoms with Gasteiger partial charge >= 0.3 is 0 Å². The molecule has 2 aliphatic heterocycles. The SMILES string of the molecule is O=C1C=CC2(C=C1)OCC(=O)N2N1C(=O)c2ccccc2C1=O. The molecule has 3 aliphatic rings. The zero-order valence-electron chi connectivity index (χ0n) is 11.8. The number of nitrogens with zero attached hydrogens (tertiary/aromatic N) is 2. The molecule has 1 aromatic carbocycles. The van der Waals surface area contributed by atoms with E-state index in [2.05, 4.69) is 0 Å². The van der Waals surface area contributed by atoms with Gasteiger partial charge in [-0.15, -0.1) is 0 Å². The highest BCUT2D eigenvalue weighted by Gasteiger charge is 2.53. The monoisotopic (exact) mass is 310 g/mol. The molecular formula is C16H10N2O5. The number of carbonyl (C=O) groups excluding carboxylic acids is 4. The number of hydrogen-bond acceptors (Lipinski definition) is 5. The number of imide groups is 1. The van der Waals surface area contributed by atoms with E-state index in [1.807, 2.05) is 0 Å². The Hall–Kier alpha value is -3.06. The van der Waals surface area contributed by atoms with Crippen molar-refractivity contribution in [1.82, 2.24) is 10.0 Å². The van der Waals surface area contributed by atoms with Crippen LogP contribution in [0.15, 0.2) is 48.6 Å². The summed E-state index contributed by atoms with van der Waals surface area (Å²) in [5.41, 5.74) is -0.974. The minimum absolute atomic E-state index is 0.229. The molecule has 0 aromatic heterocycles. The Balaban J connectivity index is 1.81. The fourth-order valence-corrected chi connectivity index (χ4v) is 2.87. The van der Waals surface area contributed by atoms with Gasteiger partial charge in [-0.1, -0.05) is 12.1 Å².